The number of rotatable bonds is 26. The van der Waals surface area contributed by atoms with Gasteiger partial charge in [0.05, 0.1) is 55.8 Å². The fraction of sp³-hybridized carbons (Fsp3) is 0.512. The number of ether oxygens (including phenoxy) is 2. The summed E-state index contributed by atoms with van der Waals surface area (Å²) in [6.07, 6.45) is 10.5. The molecule has 4 aliphatic carbocycles. The highest BCUT2D eigenvalue weighted by molar-refractivity contribution is 5.58. The molecule has 12 rings (SSSR count). The fourth-order valence-corrected chi connectivity index (χ4v) is 14.1. The third-order valence-corrected chi connectivity index (χ3v) is 21.3. The number of nitrogens with one attached hydrogen (secondary N) is 8. The highest BCUT2D eigenvalue weighted by Gasteiger charge is 2.48. The number of nitriles is 4. The van der Waals surface area contributed by atoms with E-state index in [0.29, 0.717) is 121 Å². The molecular weight excluding hydrogens is 1510 g/mol. The van der Waals surface area contributed by atoms with Crippen molar-refractivity contribution in [1.29, 1.82) is 21.0 Å². The van der Waals surface area contributed by atoms with Gasteiger partial charge in [0.2, 0.25) is 35.6 Å². The number of pyridine rings is 4. The highest BCUT2D eigenvalue weighted by Crippen LogP contribution is 2.44. The quantitative estimate of drug-likeness (QED) is 0.0224. The average Bonchev–Trinajstić information content (AvgIpc) is 0.766. The number of aliphatic hydroxyl groups is 4. The van der Waals surface area contributed by atoms with Crippen LogP contribution >= 0.6 is 0 Å². The Hall–Kier alpha value is -11.6. The van der Waals surface area contributed by atoms with Crippen LogP contribution in [-0.4, -0.2) is 148 Å². The molecule has 0 unspecified atom stereocenters. The first-order valence-corrected chi connectivity index (χ1v) is 38.8. The lowest BCUT2D eigenvalue weighted by Crippen LogP contribution is -2.57. The number of nitrogens with zero attached hydrogens (tertiary/aromatic N) is 16. The Balaban J connectivity index is 0.000000178. The first kappa shape index (κ1) is 89.3. The molecule has 117 heavy (non-hydrogen) atoms. The molecule has 8 atom stereocenters. The third kappa shape index (κ3) is 24.7. The smallest absolute Gasteiger partial charge is 0.433 e. The molecule has 8 heterocycles. The molecule has 12 N–H and O–H groups in total. The van der Waals surface area contributed by atoms with Crippen LogP contribution in [0.3, 0.4) is 0 Å². The van der Waals surface area contributed by atoms with E-state index in [4.69, 9.17) is 9.47 Å². The maximum absolute atomic E-state index is 13.1. The van der Waals surface area contributed by atoms with E-state index in [1.807, 2.05) is 78.8 Å². The van der Waals surface area contributed by atoms with Crippen molar-refractivity contribution >= 4 is 47.1 Å². The molecule has 8 aromatic heterocycles. The Labute approximate surface area is 677 Å². The number of hydrogen-bond acceptors (Lipinski definition) is 30. The van der Waals surface area contributed by atoms with Crippen molar-refractivity contribution in [3.8, 4) is 36.0 Å². The van der Waals surface area contributed by atoms with Crippen molar-refractivity contribution in [2.24, 2.45) is 21.7 Å². The van der Waals surface area contributed by atoms with Crippen molar-refractivity contribution in [3.05, 3.63) is 154 Å². The fourth-order valence-electron chi connectivity index (χ4n) is 14.1. The van der Waals surface area contributed by atoms with Gasteiger partial charge in [-0.25, -0.2) is 38.7 Å². The zero-order chi connectivity index (χ0) is 84.8. The molecule has 0 bridgehead atoms. The molecule has 0 aromatic carbocycles. The topological polar surface area (TPSA) is 445 Å². The predicted molar refractivity (Wildman–Crippen MR) is 430 cm³/mol. The lowest BCUT2D eigenvalue weighted by Gasteiger charge is -2.49. The van der Waals surface area contributed by atoms with Gasteiger partial charge in [0.25, 0.3) is 6.43 Å². The number of alkyl halides is 5. The van der Waals surface area contributed by atoms with Gasteiger partial charge in [-0.2, -0.15) is 54.2 Å². The average molecular weight is 1620 g/mol. The minimum atomic E-state index is -4.56. The lowest BCUT2D eigenvalue weighted by molar-refractivity contribution is -0.141. The summed E-state index contributed by atoms with van der Waals surface area (Å²) in [7, 11) is 0. The second kappa shape index (κ2) is 40.3. The summed E-state index contributed by atoms with van der Waals surface area (Å²) in [5, 5.41) is 103. The number of aliphatic hydroxyl groups excluding tert-OH is 4. The molecule has 0 spiro atoms. The molecule has 622 valence electrons. The Morgan fingerprint density at radius 1 is 0.462 bits per heavy atom. The minimum absolute atomic E-state index is 0.00778. The number of halogens is 5. The molecule has 0 amide bonds. The summed E-state index contributed by atoms with van der Waals surface area (Å²) in [5.74, 6) is 4.02. The van der Waals surface area contributed by atoms with Crippen molar-refractivity contribution in [3.63, 3.8) is 0 Å². The van der Waals surface area contributed by atoms with Crippen LogP contribution in [0.1, 0.15) is 202 Å². The van der Waals surface area contributed by atoms with Crippen LogP contribution in [-0.2, 0) is 32.4 Å². The monoisotopic (exact) mass is 1610 g/mol. The molecule has 4 fully saturated rings. The van der Waals surface area contributed by atoms with E-state index in [-0.39, 0.29) is 106 Å². The van der Waals surface area contributed by atoms with E-state index in [9.17, 15) is 63.4 Å². The van der Waals surface area contributed by atoms with Gasteiger partial charge in [-0.05, 0) is 123 Å². The van der Waals surface area contributed by atoms with Crippen LogP contribution < -0.4 is 52.0 Å². The molecule has 0 aliphatic heterocycles. The van der Waals surface area contributed by atoms with E-state index in [0.717, 1.165) is 55.1 Å². The van der Waals surface area contributed by atoms with Crippen molar-refractivity contribution in [2.75, 3.05) is 55.7 Å². The Kier molecular flexibility index (Phi) is 30.8. The van der Waals surface area contributed by atoms with Crippen LogP contribution in [0.5, 0.6) is 11.8 Å². The zero-order valence-corrected chi connectivity index (χ0v) is 67.5. The SMILES string of the molecule is CC(C)c1ncccc1CNc1ncc(C#N)c(N[C@@H]2C[C@H](O)C2(C)C)n1.CC1(C)C[C@H](Nc2nc(NCc3cccnc3C(F)(F)F)ncc2C#N)CC[C@@H]1O.CC1(C)C[C@H](Nc2nc(NCc3cccnc3OCC(F)F)ncc2C#N)CC[C@@H]1O.CCOc1ncccc1CNc1ncc(C#N)c(N[C@@H]2CC[C@H](O)C(C)(C)C2)n1. The van der Waals surface area contributed by atoms with Crippen molar-refractivity contribution in [1.82, 2.24) is 59.8 Å². The van der Waals surface area contributed by atoms with E-state index in [1.165, 1.54) is 43.1 Å². The number of anilines is 8. The second-order valence-corrected chi connectivity index (χ2v) is 32.1. The summed E-state index contributed by atoms with van der Waals surface area (Å²) < 4.78 is 74.8. The van der Waals surface area contributed by atoms with Crippen LogP contribution in [0.25, 0.3) is 0 Å². The molecule has 30 nitrogen and oxygen atoms in total. The maximum atomic E-state index is 13.1. The van der Waals surface area contributed by atoms with Gasteiger partial charge in [0.1, 0.15) is 75.5 Å². The van der Waals surface area contributed by atoms with Crippen LogP contribution in [0.4, 0.5) is 69.0 Å². The van der Waals surface area contributed by atoms with Gasteiger partial charge in [0.15, 0.2) is 6.61 Å². The van der Waals surface area contributed by atoms with E-state index >= 15 is 0 Å². The zero-order valence-electron chi connectivity index (χ0n) is 67.5. The van der Waals surface area contributed by atoms with E-state index in [1.54, 1.807) is 24.5 Å². The summed E-state index contributed by atoms with van der Waals surface area (Å²) >= 11 is 0. The van der Waals surface area contributed by atoms with Gasteiger partial charge in [-0.3, -0.25) is 9.97 Å². The van der Waals surface area contributed by atoms with Gasteiger partial charge in [-0.15, -0.1) is 0 Å². The van der Waals surface area contributed by atoms with Crippen molar-refractivity contribution in [2.45, 2.75) is 234 Å². The van der Waals surface area contributed by atoms with Gasteiger partial charge in [0, 0.05) is 103 Å². The van der Waals surface area contributed by atoms with Gasteiger partial charge >= 0.3 is 6.18 Å². The molecule has 35 heteroatoms. The summed E-state index contributed by atoms with van der Waals surface area (Å²) in [5.41, 5.74) is 3.03. The third-order valence-electron chi connectivity index (χ3n) is 21.3. The van der Waals surface area contributed by atoms with Crippen molar-refractivity contribution < 1.29 is 51.9 Å². The Morgan fingerprint density at radius 2 is 0.803 bits per heavy atom. The Morgan fingerprint density at radius 3 is 1.15 bits per heavy atom. The molecule has 0 radical (unpaired) electrons. The van der Waals surface area contributed by atoms with Gasteiger partial charge in [-0.1, -0.05) is 93.5 Å². The standard InChI is InChI=1S/C21H26F2N6O2.C21H28N6O2.C20H23F3N6O.C20H26N6O/c1-21(2)8-15(5-6-16(21)30)28-18-14(9-24)11-27-20(29-18)26-10-13-4-3-7-25-19(13)31-12-17(22)23;1-4-29-19-14(6-5-9-23-19)12-24-20-25-13-15(11-22)18(27-20)26-16-7-8-17(28)21(2,3)10-16;1-19(2)8-14(5-6-15(19)30)28-17-13(9-24)11-27-18(29-17)26-10-12-4-3-7-25-16(12)20(21,22)23;1-12(2)17-13(6-5-7-22-17)10-23-19-24-11-14(9-21)18(26-19)25-15-8-16(27)20(15,3)4/h3-4,7,11,15-17,30H,5-6,8,10,12H2,1-2H3,(H2,26,27,28,29);5-6,9,13,16-17,28H,4,7-8,10,12H2,1-3H3,(H2,24,25,26,27);3-4,7,11,14-15,30H,5-6,8,10H2,1-2H3,(H2,26,27,28,29);5-7,11-12,15-16,27H,8,10H2,1-4H3,(H2,23,24,25,26)/t15-,16+;16-,17+;14-,15+;15-,16+/m1111/s1. The first-order chi connectivity index (χ1) is 55.6. The molecular formula is C82H103F5N24O6. The summed E-state index contributed by atoms with van der Waals surface area (Å²) in [6.45, 7) is 23.1. The number of aromatic nitrogens is 12. The second-order valence-electron chi connectivity index (χ2n) is 32.1. The predicted octanol–water partition coefficient (Wildman–Crippen LogP) is 13.2. The Bertz CT molecular complexity index is 4800. The first-order valence-electron chi connectivity index (χ1n) is 38.8. The lowest BCUT2D eigenvalue weighted by atomic mass is 9.64. The normalized spacial score (nSPS) is 20.6. The summed E-state index contributed by atoms with van der Waals surface area (Å²) in [4.78, 5) is 50.5. The molecule has 8 aromatic rings. The summed E-state index contributed by atoms with van der Waals surface area (Å²) in [6, 6.07) is 22.6. The van der Waals surface area contributed by atoms with Crippen LogP contribution in [0, 0.1) is 67.0 Å². The minimum Gasteiger partial charge on any atom is -0.478 e. The molecule has 4 aliphatic rings. The molecule has 4 saturated carbocycles. The largest absolute Gasteiger partial charge is 0.478 e. The van der Waals surface area contributed by atoms with Crippen LogP contribution in [0.2, 0.25) is 0 Å². The van der Waals surface area contributed by atoms with E-state index < -0.39 is 31.0 Å². The maximum Gasteiger partial charge on any atom is 0.433 e. The van der Waals surface area contributed by atoms with Crippen LogP contribution in [0.15, 0.2) is 98.1 Å². The number of hydrogen-bond donors (Lipinski definition) is 12. The molecule has 0 saturated heterocycles. The van der Waals surface area contributed by atoms with Gasteiger partial charge < -0.3 is 72.4 Å². The highest BCUT2D eigenvalue weighted by atomic mass is 19.4. The van der Waals surface area contributed by atoms with E-state index in [2.05, 4.69) is 148 Å².